The van der Waals surface area contributed by atoms with Crippen LogP contribution in [0.3, 0.4) is 0 Å². The number of hydrogen-bond acceptors (Lipinski definition) is 4. The Hall–Kier alpha value is -3.02. The van der Waals surface area contributed by atoms with Crippen LogP contribution >= 0.6 is 0 Å². The van der Waals surface area contributed by atoms with Gasteiger partial charge in [0, 0.05) is 11.6 Å². The van der Waals surface area contributed by atoms with Gasteiger partial charge in [-0.2, -0.15) is 0 Å². The normalized spacial score (nSPS) is 11.4. The van der Waals surface area contributed by atoms with E-state index in [1.165, 1.54) is 0 Å². The molecule has 0 bridgehead atoms. The van der Waals surface area contributed by atoms with Gasteiger partial charge in [0.2, 0.25) is 0 Å². The van der Waals surface area contributed by atoms with Crippen LogP contribution in [0.25, 0.3) is 0 Å². The zero-order valence-electron chi connectivity index (χ0n) is 13.0. The molecule has 6 heteroatoms. The highest BCUT2D eigenvalue weighted by atomic mass is 16.5. The molecule has 2 aromatic rings. The third kappa shape index (κ3) is 4.47. The predicted octanol–water partition coefficient (Wildman–Crippen LogP) is 2.54. The first kappa shape index (κ1) is 16.4. The van der Waals surface area contributed by atoms with E-state index < -0.39 is 6.04 Å². The van der Waals surface area contributed by atoms with Crippen molar-refractivity contribution in [3.8, 4) is 17.2 Å². The van der Waals surface area contributed by atoms with Crippen LogP contribution in [-0.2, 0) is 0 Å². The molecule has 23 heavy (non-hydrogen) atoms. The lowest BCUT2D eigenvalue weighted by Gasteiger charge is -2.12. The average Bonchev–Trinajstić information content (AvgIpc) is 2.55. The van der Waals surface area contributed by atoms with Crippen molar-refractivity contribution in [3.05, 3.63) is 54.1 Å². The second-order valence-electron chi connectivity index (χ2n) is 4.96. The van der Waals surface area contributed by atoms with E-state index in [0.717, 1.165) is 0 Å². The third-order valence-corrected chi connectivity index (χ3v) is 3.21. The first-order chi connectivity index (χ1) is 11.0. The molecule has 0 saturated carbocycles. The lowest BCUT2D eigenvalue weighted by molar-refractivity contribution is 0.0949. The number of rotatable bonds is 6. The second-order valence-corrected chi connectivity index (χ2v) is 4.96. The van der Waals surface area contributed by atoms with Gasteiger partial charge >= 0.3 is 0 Å². The SMILES string of the molecule is COc1cccc(Oc2ccc(C(=O)N[C@H](C)C(=N)N)cc2)c1. The van der Waals surface area contributed by atoms with E-state index in [1.807, 2.05) is 18.2 Å². The van der Waals surface area contributed by atoms with Crippen LogP contribution in [0.15, 0.2) is 48.5 Å². The zero-order chi connectivity index (χ0) is 16.8. The maximum Gasteiger partial charge on any atom is 0.251 e. The van der Waals surface area contributed by atoms with Crippen molar-refractivity contribution < 1.29 is 14.3 Å². The highest BCUT2D eigenvalue weighted by molar-refractivity contribution is 5.97. The van der Waals surface area contributed by atoms with Crippen molar-refractivity contribution in [2.75, 3.05) is 7.11 Å². The Morgan fingerprint density at radius 1 is 1.13 bits per heavy atom. The first-order valence-electron chi connectivity index (χ1n) is 7.06. The number of amidine groups is 1. The molecular formula is C17H19N3O3. The Morgan fingerprint density at radius 3 is 2.39 bits per heavy atom. The topological polar surface area (TPSA) is 97.4 Å². The van der Waals surface area contributed by atoms with E-state index in [9.17, 15) is 4.79 Å². The summed E-state index contributed by atoms with van der Waals surface area (Å²) in [6, 6.07) is 13.5. The molecule has 0 saturated heterocycles. The molecule has 6 nitrogen and oxygen atoms in total. The number of carbonyl (C=O) groups is 1. The van der Waals surface area contributed by atoms with Crippen molar-refractivity contribution in [1.82, 2.24) is 5.32 Å². The summed E-state index contributed by atoms with van der Waals surface area (Å²) in [6.45, 7) is 1.65. The van der Waals surface area contributed by atoms with Crippen molar-refractivity contribution in [1.29, 1.82) is 5.41 Å². The highest BCUT2D eigenvalue weighted by Crippen LogP contribution is 2.25. The number of nitrogens with two attached hydrogens (primary N) is 1. The van der Waals surface area contributed by atoms with Crippen LogP contribution in [0.2, 0.25) is 0 Å². The van der Waals surface area contributed by atoms with Crippen molar-refractivity contribution in [3.63, 3.8) is 0 Å². The number of benzene rings is 2. The van der Waals surface area contributed by atoms with Gasteiger partial charge < -0.3 is 20.5 Å². The molecule has 0 radical (unpaired) electrons. The van der Waals surface area contributed by atoms with Gasteiger partial charge in [-0.25, -0.2) is 0 Å². The number of hydrogen-bond donors (Lipinski definition) is 3. The van der Waals surface area contributed by atoms with Crippen LogP contribution in [0.1, 0.15) is 17.3 Å². The van der Waals surface area contributed by atoms with E-state index >= 15 is 0 Å². The summed E-state index contributed by atoms with van der Waals surface area (Å²) in [6.07, 6.45) is 0. The monoisotopic (exact) mass is 313 g/mol. The third-order valence-electron chi connectivity index (χ3n) is 3.21. The molecular weight excluding hydrogens is 294 g/mol. The fourth-order valence-electron chi connectivity index (χ4n) is 1.83. The molecule has 4 N–H and O–H groups in total. The molecule has 0 aliphatic heterocycles. The Morgan fingerprint density at radius 2 is 1.78 bits per heavy atom. The van der Waals surface area contributed by atoms with Crippen LogP contribution in [0.5, 0.6) is 17.2 Å². The van der Waals surface area contributed by atoms with Crippen LogP contribution in [0.4, 0.5) is 0 Å². The number of ether oxygens (including phenoxy) is 2. The lowest BCUT2D eigenvalue weighted by Crippen LogP contribution is -2.41. The number of amides is 1. The maximum atomic E-state index is 12.0. The van der Waals surface area contributed by atoms with Crippen molar-refractivity contribution in [2.45, 2.75) is 13.0 Å². The van der Waals surface area contributed by atoms with E-state index in [1.54, 1.807) is 44.4 Å². The van der Waals surface area contributed by atoms with Crippen molar-refractivity contribution in [2.24, 2.45) is 5.73 Å². The molecule has 0 aromatic heterocycles. The van der Waals surface area contributed by atoms with Crippen molar-refractivity contribution >= 4 is 11.7 Å². The molecule has 2 aromatic carbocycles. The van der Waals surface area contributed by atoms with Gasteiger partial charge in [-0.1, -0.05) is 6.07 Å². The fourth-order valence-corrected chi connectivity index (χ4v) is 1.83. The minimum atomic E-state index is -0.504. The van der Waals surface area contributed by atoms with Crippen LogP contribution in [-0.4, -0.2) is 24.9 Å². The summed E-state index contributed by atoms with van der Waals surface area (Å²) in [5, 5.41) is 9.92. The predicted molar refractivity (Wildman–Crippen MR) is 88.4 cm³/mol. The van der Waals surface area contributed by atoms with E-state index in [0.29, 0.717) is 22.8 Å². The smallest absolute Gasteiger partial charge is 0.251 e. The van der Waals surface area contributed by atoms with E-state index in [2.05, 4.69) is 5.32 Å². The quantitative estimate of drug-likeness (QED) is 0.564. The Labute approximate surface area is 134 Å². The molecule has 0 aliphatic rings. The fraction of sp³-hybridized carbons (Fsp3) is 0.176. The van der Waals surface area contributed by atoms with Gasteiger partial charge in [0.05, 0.1) is 13.2 Å². The summed E-state index contributed by atoms with van der Waals surface area (Å²) in [4.78, 5) is 12.0. The molecule has 1 amide bonds. The number of carbonyl (C=O) groups excluding carboxylic acids is 1. The summed E-state index contributed by atoms with van der Waals surface area (Å²) >= 11 is 0. The van der Waals surface area contributed by atoms with Gasteiger partial charge in [-0.15, -0.1) is 0 Å². The van der Waals surface area contributed by atoms with Gasteiger partial charge in [-0.3, -0.25) is 10.2 Å². The molecule has 120 valence electrons. The van der Waals surface area contributed by atoms with Gasteiger partial charge in [-0.05, 0) is 43.3 Å². The van der Waals surface area contributed by atoms with E-state index in [4.69, 9.17) is 20.6 Å². The molecule has 0 heterocycles. The molecule has 0 unspecified atom stereocenters. The summed E-state index contributed by atoms with van der Waals surface area (Å²) < 4.78 is 10.8. The minimum absolute atomic E-state index is 0.0867. The number of methoxy groups -OCH3 is 1. The summed E-state index contributed by atoms with van der Waals surface area (Å²) in [5.74, 6) is 1.58. The lowest BCUT2D eigenvalue weighted by atomic mass is 10.2. The zero-order valence-corrected chi connectivity index (χ0v) is 13.0. The number of nitrogens with one attached hydrogen (secondary N) is 2. The molecule has 0 aliphatic carbocycles. The van der Waals surface area contributed by atoms with E-state index in [-0.39, 0.29) is 11.7 Å². The largest absolute Gasteiger partial charge is 0.497 e. The summed E-state index contributed by atoms with van der Waals surface area (Å²) in [5.41, 5.74) is 5.80. The van der Waals surface area contributed by atoms with Crippen LogP contribution in [0, 0.1) is 5.41 Å². The van der Waals surface area contributed by atoms with Gasteiger partial charge in [0.25, 0.3) is 5.91 Å². The average molecular weight is 313 g/mol. The maximum absolute atomic E-state index is 12.0. The Kier molecular flexibility index (Phi) is 5.19. The molecule has 1 atom stereocenters. The van der Waals surface area contributed by atoms with Gasteiger partial charge in [0.1, 0.15) is 23.1 Å². The Bertz CT molecular complexity index is 698. The molecule has 0 spiro atoms. The van der Waals surface area contributed by atoms with Gasteiger partial charge in [0.15, 0.2) is 0 Å². The van der Waals surface area contributed by atoms with Crippen LogP contribution < -0.4 is 20.5 Å². The summed E-state index contributed by atoms with van der Waals surface area (Å²) in [7, 11) is 1.59. The second kappa shape index (κ2) is 7.31. The molecule has 0 fully saturated rings. The standard InChI is InChI=1S/C17H19N3O3/c1-11(16(18)19)20-17(21)12-6-8-13(9-7-12)23-15-5-3-4-14(10-15)22-2/h3-11H,1-2H3,(H3,18,19)(H,20,21)/t11-/m1/s1. The first-order valence-corrected chi connectivity index (χ1v) is 7.06. The minimum Gasteiger partial charge on any atom is -0.497 e. The Balaban J connectivity index is 2.04. The highest BCUT2D eigenvalue weighted by Gasteiger charge is 2.11. The molecule has 2 rings (SSSR count).